The Kier molecular flexibility index (Phi) is 3.75. The van der Waals surface area contributed by atoms with Crippen molar-refractivity contribution in [1.82, 2.24) is 0 Å². The van der Waals surface area contributed by atoms with Gasteiger partial charge in [0.2, 0.25) is 0 Å². The van der Waals surface area contributed by atoms with Gasteiger partial charge < -0.3 is 9.31 Å². The summed E-state index contributed by atoms with van der Waals surface area (Å²) in [6.45, 7) is 8.35. The molecule has 1 aliphatic heterocycles. The zero-order valence-electron chi connectivity index (χ0n) is 15.2. The van der Waals surface area contributed by atoms with E-state index in [0.29, 0.717) is 0 Å². The largest absolute Gasteiger partial charge is 0.495 e. The van der Waals surface area contributed by atoms with Gasteiger partial charge in [0.1, 0.15) is 0 Å². The van der Waals surface area contributed by atoms with Crippen LogP contribution in [0.5, 0.6) is 0 Å². The second kappa shape index (κ2) is 5.72. The third-order valence-electron chi connectivity index (χ3n) is 5.49. The van der Waals surface area contributed by atoms with Crippen LogP contribution in [0, 0.1) is 6.07 Å². The third kappa shape index (κ3) is 2.68. The molecular weight excluding hydrogens is 307 g/mol. The SMILES string of the molecule is CC1(C)OB(c2ccc(-c3cc[c]cc3)c3ccccc23)OC1(C)C. The first-order chi connectivity index (χ1) is 11.9. The Morgan fingerprint density at radius 3 is 2.00 bits per heavy atom. The van der Waals surface area contributed by atoms with Crippen molar-refractivity contribution in [3.05, 3.63) is 66.7 Å². The van der Waals surface area contributed by atoms with E-state index < -0.39 is 0 Å². The van der Waals surface area contributed by atoms with E-state index in [-0.39, 0.29) is 18.3 Å². The van der Waals surface area contributed by atoms with E-state index in [1.165, 1.54) is 21.9 Å². The quantitative estimate of drug-likeness (QED) is 0.640. The number of hydrogen-bond donors (Lipinski definition) is 0. The van der Waals surface area contributed by atoms with Crippen molar-refractivity contribution in [1.29, 1.82) is 0 Å². The summed E-state index contributed by atoms with van der Waals surface area (Å²) in [6.07, 6.45) is 0. The summed E-state index contributed by atoms with van der Waals surface area (Å²) >= 11 is 0. The average molecular weight is 329 g/mol. The topological polar surface area (TPSA) is 18.5 Å². The Morgan fingerprint density at radius 2 is 1.36 bits per heavy atom. The van der Waals surface area contributed by atoms with E-state index in [1.807, 2.05) is 12.1 Å². The molecule has 1 fully saturated rings. The van der Waals surface area contributed by atoms with Crippen LogP contribution in [0.4, 0.5) is 0 Å². The van der Waals surface area contributed by atoms with Crippen molar-refractivity contribution >= 4 is 23.4 Å². The number of rotatable bonds is 2. The summed E-state index contributed by atoms with van der Waals surface area (Å²) in [4.78, 5) is 0. The predicted octanol–water partition coefficient (Wildman–Crippen LogP) is 4.61. The van der Waals surface area contributed by atoms with Gasteiger partial charge in [0.25, 0.3) is 0 Å². The minimum Gasteiger partial charge on any atom is -0.399 e. The van der Waals surface area contributed by atoms with Crippen LogP contribution < -0.4 is 5.46 Å². The molecule has 4 rings (SSSR count). The number of fused-ring (bicyclic) bond motifs is 1. The van der Waals surface area contributed by atoms with Crippen molar-refractivity contribution in [3.63, 3.8) is 0 Å². The lowest BCUT2D eigenvalue weighted by Crippen LogP contribution is -2.41. The maximum absolute atomic E-state index is 6.28. The smallest absolute Gasteiger partial charge is 0.399 e. The average Bonchev–Trinajstić information content (AvgIpc) is 2.82. The number of benzene rings is 3. The first-order valence-electron chi connectivity index (χ1n) is 8.73. The molecule has 125 valence electrons. The van der Waals surface area contributed by atoms with E-state index >= 15 is 0 Å². The van der Waals surface area contributed by atoms with E-state index in [4.69, 9.17) is 9.31 Å². The molecule has 1 heterocycles. The van der Waals surface area contributed by atoms with Crippen LogP contribution in [-0.4, -0.2) is 18.3 Å². The molecule has 1 radical (unpaired) electrons. The van der Waals surface area contributed by atoms with Gasteiger partial charge in [-0.05, 0) is 61.1 Å². The standard InChI is InChI=1S/C22H22BO2/c1-21(2)22(3,4)25-23(24-21)20-15-14-17(16-10-6-5-7-11-16)18-12-8-9-13-19(18)20/h6-15H,1-4H3. The van der Waals surface area contributed by atoms with Gasteiger partial charge in [0, 0.05) is 0 Å². The molecule has 0 atom stereocenters. The van der Waals surface area contributed by atoms with Gasteiger partial charge in [0.05, 0.1) is 11.2 Å². The van der Waals surface area contributed by atoms with Crippen molar-refractivity contribution < 1.29 is 9.31 Å². The second-order valence-corrected chi connectivity index (χ2v) is 7.62. The molecule has 0 unspecified atom stereocenters. The first kappa shape index (κ1) is 16.4. The highest BCUT2D eigenvalue weighted by Crippen LogP contribution is 2.37. The zero-order valence-corrected chi connectivity index (χ0v) is 15.2. The van der Waals surface area contributed by atoms with Crippen molar-refractivity contribution in [2.75, 3.05) is 0 Å². The lowest BCUT2D eigenvalue weighted by molar-refractivity contribution is 0.00578. The maximum atomic E-state index is 6.28. The summed E-state index contributed by atoms with van der Waals surface area (Å²) in [7, 11) is -0.354. The second-order valence-electron chi connectivity index (χ2n) is 7.62. The van der Waals surface area contributed by atoms with Crippen molar-refractivity contribution in [3.8, 4) is 11.1 Å². The molecule has 0 saturated carbocycles. The normalized spacial score (nSPS) is 18.6. The van der Waals surface area contributed by atoms with Crippen molar-refractivity contribution in [2.45, 2.75) is 38.9 Å². The van der Waals surface area contributed by atoms with E-state index in [9.17, 15) is 0 Å². The molecule has 1 aliphatic rings. The Hall–Kier alpha value is -2.10. The van der Waals surface area contributed by atoms with Gasteiger partial charge >= 0.3 is 7.12 Å². The molecule has 3 aromatic rings. The Morgan fingerprint density at radius 1 is 0.760 bits per heavy atom. The summed E-state index contributed by atoms with van der Waals surface area (Å²) in [5, 5.41) is 2.38. The van der Waals surface area contributed by atoms with Crippen LogP contribution in [0.2, 0.25) is 0 Å². The fourth-order valence-electron chi connectivity index (χ4n) is 3.32. The molecule has 0 spiro atoms. The van der Waals surface area contributed by atoms with Crippen LogP contribution in [0.3, 0.4) is 0 Å². The maximum Gasteiger partial charge on any atom is 0.495 e. The molecule has 25 heavy (non-hydrogen) atoms. The summed E-state index contributed by atoms with van der Waals surface area (Å²) < 4.78 is 12.6. The molecule has 0 aliphatic carbocycles. The highest BCUT2D eigenvalue weighted by Gasteiger charge is 2.52. The molecule has 0 amide bonds. The first-order valence-corrected chi connectivity index (χ1v) is 8.73. The minimum atomic E-state index is -0.354. The van der Waals surface area contributed by atoms with Gasteiger partial charge in [-0.2, -0.15) is 0 Å². The zero-order chi connectivity index (χ0) is 17.7. The molecule has 1 saturated heterocycles. The van der Waals surface area contributed by atoms with Crippen LogP contribution in [0.25, 0.3) is 21.9 Å². The summed E-state index contributed by atoms with van der Waals surface area (Å²) in [6, 6.07) is 23.9. The summed E-state index contributed by atoms with van der Waals surface area (Å²) in [5.41, 5.74) is 2.81. The lowest BCUT2D eigenvalue weighted by atomic mass is 9.75. The van der Waals surface area contributed by atoms with E-state index in [0.717, 1.165) is 5.46 Å². The molecular formula is C22H22BO2. The molecule has 0 bridgehead atoms. The van der Waals surface area contributed by atoms with Gasteiger partial charge in [-0.3, -0.25) is 0 Å². The molecule has 0 N–H and O–H groups in total. The van der Waals surface area contributed by atoms with Gasteiger partial charge in [0.15, 0.2) is 0 Å². The van der Waals surface area contributed by atoms with Gasteiger partial charge in [-0.1, -0.05) is 60.7 Å². The Balaban J connectivity index is 1.86. The monoisotopic (exact) mass is 329 g/mol. The van der Waals surface area contributed by atoms with Crippen LogP contribution >= 0.6 is 0 Å². The number of hydrogen-bond acceptors (Lipinski definition) is 2. The minimum absolute atomic E-state index is 0.341. The van der Waals surface area contributed by atoms with Crippen LogP contribution in [0.1, 0.15) is 27.7 Å². The molecule has 0 aromatic heterocycles. The van der Waals surface area contributed by atoms with E-state index in [2.05, 4.69) is 82.3 Å². The van der Waals surface area contributed by atoms with Gasteiger partial charge in [-0.15, -0.1) is 0 Å². The van der Waals surface area contributed by atoms with Crippen molar-refractivity contribution in [2.24, 2.45) is 0 Å². The van der Waals surface area contributed by atoms with E-state index in [1.54, 1.807) is 0 Å². The Bertz CT molecular complexity index is 900. The third-order valence-corrected chi connectivity index (χ3v) is 5.49. The molecule has 2 nitrogen and oxygen atoms in total. The highest BCUT2D eigenvalue weighted by atomic mass is 16.7. The highest BCUT2D eigenvalue weighted by molar-refractivity contribution is 6.65. The lowest BCUT2D eigenvalue weighted by Gasteiger charge is -2.32. The van der Waals surface area contributed by atoms with Crippen LogP contribution in [0.15, 0.2) is 60.7 Å². The fraction of sp³-hybridized carbons (Fsp3) is 0.273. The van der Waals surface area contributed by atoms with Gasteiger partial charge in [-0.25, -0.2) is 0 Å². The Labute approximate surface area is 149 Å². The van der Waals surface area contributed by atoms with Crippen LogP contribution in [-0.2, 0) is 9.31 Å². The molecule has 3 heteroatoms. The summed E-state index contributed by atoms with van der Waals surface area (Å²) in [5.74, 6) is 0. The predicted molar refractivity (Wildman–Crippen MR) is 104 cm³/mol. The molecule has 3 aromatic carbocycles. The fourth-order valence-corrected chi connectivity index (χ4v) is 3.32.